The zero-order valence-corrected chi connectivity index (χ0v) is 25.5. The number of methoxy groups -OCH3 is 1. The lowest BCUT2D eigenvalue weighted by Gasteiger charge is -2.32. The maximum absolute atomic E-state index is 13.7. The predicted molar refractivity (Wildman–Crippen MR) is 156 cm³/mol. The van der Waals surface area contributed by atoms with Gasteiger partial charge in [0.25, 0.3) is 5.91 Å². The quantitative estimate of drug-likeness (QED) is 0.202. The van der Waals surface area contributed by atoms with Crippen LogP contribution in [0, 0.1) is 18.8 Å². The third kappa shape index (κ3) is 9.41. The second-order valence-electron chi connectivity index (χ2n) is 11.9. The summed E-state index contributed by atoms with van der Waals surface area (Å²) in [7, 11) is 3.64. The second-order valence-corrected chi connectivity index (χ2v) is 11.9. The first-order valence-corrected chi connectivity index (χ1v) is 14.0. The van der Waals surface area contributed by atoms with Gasteiger partial charge in [0, 0.05) is 18.3 Å². The fourth-order valence-corrected chi connectivity index (χ4v) is 4.61. The number of carbonyl (C=O) groups excluding carboxylic acids is 1. The van der Waals surface area contributed by atoms with Crippen molar-refractivity contribution in [1.29, 1.82) is 0 Å². The molecule has 1 aromatic rings. The summed E-state index contributed by atoms with van der Waals surface area (Å²) in [4.78, 5) is 20.5. The van der Waals surface area contributed by atoms with Gasteiger partial charge in [0.05, 0.1) is 7.11 Å². The van der Waals surface area contributed by atoms with Gasteiger partial charge in [-0.1, -0.05) is 46.6 Å². The standard InChI is InChI=1S/C32H54N2O2/c1-13-15-26(16-14-2)25(7)33-30(31(35)34(11)32(8,9)10)23(5)17-18-27-21-29(36-12)28(19-22(3)4)20-24(27)6/h20-22,26H,13-19H2,1-12H3/b30-23+,33-25+. The number of hydrogen-bond acceptors (Lipinski definition) is 3. The summed E-state index contributed by atoms with van der Waals surface area (Å²) >= 11 is 0. The summed E-state index contributed by atoms with van der Waals surface area (Å²) in [6.45, 7) is 21.5. The van der Waals surface area contributed by atoms with Crippen LogP contribution in [0.15, 0.2) is 28.4 Å². The van der Waals surface area contributed by atoms with Crippen molar-refractivity contribution in [3.05, 3.63) is 40.1 Å². The van der Waals surface area contributed by atoms with Gasteiger partial charge in [-0.15, -0.1) is 0 Å². The number of carbonyl (C=O) groups is 1. The zero-order valence-electron chi connectivity index (χ0n) is 25.5. The molecule has 0 atom stereocenters. The predicted octanol–water partition coefficient (Wildman–Crippen LogP) is 8.34. The molecule has 0 unspecified atom stereocenters. The number of allylic oxidation sites excluding steroid dienone is 1. The van der Waals surface area contributed by atoms with Gasteiger partial charge in [-0.25, -0.2) is 0 Å². The maximum atomic E-state index is 13.7. The van der Waals surface area contributed by atoms with E-state index in [4.69, 9.17) is 9.73 Å². The highest BCUT2D eigenvalue weighted by Gasteiger charge is 2.27. The first kappa shape index (κ1) is 31.9. The molecule has 0 aromatic heterocycles. The van der Waals surface area contributed by atoms with E-state index in [1.54, 1.807) is 7.11 Å². The van der Waals surface area contributed by atoms with Crippen LogP contribution < -0.4 is 4.74 Å². The summed E-state index contributed by atoms with van der Waals surface area (Å²) in [6.07, 6.45) is 7.12. The molecule has 0 saturated heterocycles. The van der Waals surface area contributed by atoms with Crippen LogP contribution in [0.5, 0.6) is 5.75 Å². The molecule has 0 fully saturated rings. The van der Waals surface area contributed by atoms with Gasteiger partial charge in [0.1, 0.15) is 11.4 Å². The molecular weight excluding hydrogens is 444 g/mol. The Bertz CT molecular complexity index is 913. The van der Waals surface area contributed by atoms with Gasteiger partial charge in [0.2, 0.25) is 0 Å². The number of aliphatic imine (C=N–C) groups is 1. The molecule has 4 heteroatoms. The fourth-order valence-electron chi connectivity index (χ4n) is 4.61. The van der Waals surface area contributed by atoms with Crippen LogP contribution >= 0.6 is 0 Å². The van der Waals surface area contributed by atoms with Crippen molar-refractivity contribution in [3.8, 4) is 5.75 Å². The molecule has 1 aromatic carbocycles. The van der Waals surface area contributed by atoms with E-state index >= 15 is 0 Å². The van der Waals surface area contributed by atoms with Gasteiger partial charge < -0.3 is 9.64 Å². The molecule has 0 heterocycles. The molecule has 0 spiro atoms. The van der Waals surface area contributed by atoms with E-state index in [9.17, 15) is 4.79 Å². The van der Waals surface area contributed by atoms with Gasteiger partial charge in [-0.05, 0) is 114 Å². The Morgan fingerprint density at radius 2 is 1.64 bits per heavy atom. The summed E-state index contributed by atoms with van der Waals surface area (Å²) < 4.78 is 5.73. The number of benzene rings is 1. The summed E-state index contributed by atoms with van der Waals surface area (Å²) in [5.74, 6) is 1.97. The van der Waals surface area contributed by atoms with Gasteiger partial charge >= 0.3 is 0 Å². The molecule has 0 aliphatic carbocycles. The molecule has 204 valence electrons. The first-order chi connectivity index (χ1) is 16.8. The zero-order chi connectivity index (χ0) is 27.6. The van der Waals surface area contributed by atoms with Crippen molar-refractivity contribution < 1.29 is 9.53 Å². The van der Waals surface area contributed by atoms with E-state index in [0.29, 0.717) is 17.5 Å². The Kier molecular flexibility index (Phi) is 12.9. The number of rotatable bonds is 13. The first-order valence-electron chi connectivity index (χ1n) is 14.0. The number of amides is 1. The Labute approximate surface area is 222 Å². The number of ether oxygens (including phenoxy) is 1. The molecule has 0 aliphatic rings. The average Bonchev–Trinajstić information content (AvgIpc) is 2.79. The van der Waals surface area contributed by atoms with Gasteiger partial charge in [-0.3, -0.25) is 9.79 Å². The van der Waals surface area contributed by atoms with E-state index < -0.39 is 0 Å². The normalized spacial score (nSPS) is 13.3. The van der Waals surface area contributed by atoms with Crippen LogP contribution in [0.25, 0.3) is 0 Å². The van der Waals surface area contributed by atoms with Gasteiger partial charge in [-0.2, -0.15) is 0 Å². The lowest BCUT2D eigenvalue weighted by Crippen LogP contribution is -2.43. The van der Waals surface area contributed by atoms with Crippen LogP contribution in [-0.2, 0) is 17.6 Å². The summed E-state index contributed by atoms with van der Waals surface area (Å²) in [6, 6.07) is 4.46. The molecule has 0 saturated carbocycles. The molecule has 0 radical (unpaired) electrons. The second kappa shape index (κ2) is 14.6. The highest BCUT2D eigenvalue weighted by molar-refractivity contribution is 5.98. The monoisotopic (exact) mass is 498 g/mol. The maximum Gasteiger partial charge on any atom is 0.272 e. The lowest BCUT2D eigenvalue weighted by molar-refractivity contribution is -0.130. The third-order valence-electron chi connectivity index (χ3n) is 7.21. The number of likely N-dealkylation sites (N-methyl/N-ethyl adjacent to an activating group) is 1. The number of hydrogen-bond donors (Lipinski definition) is 0. The Hall–Kier alpha value is -2.10. The van der Waals surface area contributed by atoms with Crippen molar-refractivity contribution in [3.63, 3.8) is 0 Å². The van der Waals surface area contributed by atoms with E-state index in [0.717, 1.165) is 62.0 Å². The average molecular weight is 499 g/mol. The highest BCUT2D eigenvalue weighted by Crippen LogP contribution is 2.28. The molecule has 1 amide bonds. The molecule has 0 aliphatic heterocycles. The minimum atomic E-state index is -0.269. The molecular formula is C32H54N2O2. The van der Waals surface area contributed by atoms with Crippen LogP contribution in [0.1, 0.15) is 111 Å². The molecule has 1 rings (SSSR count). The Morgan fingerprint density at radius 3 is 2.11 bits per heavy atom. The smallest absolute Gasteiger partial charge is 0.272 e. The summed E-state index contributed by atoms with van der Waals surface area (Å²) in [5.41, 5.74) is 6.29. The SMILES string of the molecule is CCCC(CCC)/C(C)=N/C(C(=O)N(C)C(C)(C)C)=C(\C)CCc1cc(OC)c(CC(C)C)cc1C. The van der Waals surface area contributed by atoms with E-state index in [-0.39, 0.29) is 11.4 Å². The topological polar surface area (TPSA) is 41.9 Å². The summed E-state index contributed by atoms with van der Waals surface area (Å²) in [5, 5.41) is 0. The van der Waals surface area contributed by atoms with Crippen LogP contribution in [0.3, 0.4) is 0 Å². The number of nitrogens with zero attached hydrogens (tertiary/aromatic N) is 2. The van der Waals surface area contributed by atoms with Crippen LogP contribution in [0.4, 0.5) is 0 Å². The third-order valence-corrected chi connectivity index (χ3v) is 7.21. The van der Waals surface area contributed by atoms with Crippen LogP contribution in [-0.4, -0.2) is 36.2 Å². The number of aryl methyl sites for hydroxylation is 2. The van der Waals surface area contributed by atoms with Crippen molar-refractivity contribution in [2.75, 3.05) is 14.2 Å². The molecule has 0 bridgehead atoms. The largest absolute Gasteiger partial charge is 0.496 e. The van der Waals surface area contributed by atoms with Crippen molar-refractivity contribution in [2.24, 2.45) is 16.8 Å². The highest BCUT2D eigenvalue weighted by atomic mass is 16.5. The Balaban J connectivity index is 3.41. The van der Waals surface area contributed by atoms with E-state index in [1.165, 1.54) is 16.7 Å². The van der Waals surface area contributed by atoms with E-state index in [1.807, 2.05) is 11.9 Å². The van der Waals surface area contributed by atoms with Gasteiger partial charge in [0.15, 0.2) is 0 Å². The van der Waals surface area contributed by atoms with E-state index in [2.05, 4.69) is 81.4 Å². The van der Waals surface area contributed by atoms with Crippen molar-refractivity contribution in [2.45, 2.75) is 120 Å². The molecule has 4 nitrogen and oxygen atoms in total. The molecule has 36 heavy (non-hydrogen) atoms. The Morgan fingerprint density at radius 1 is 1.06 bits per heavy atom. The molecule has 0 N–H and O–H groups in total. The van der Waals surface area contributed by atoms with Crippen LogP contribution in [0.2, 0.25) is 0 Å². The lowest BCUT2D eigenvalue weighted by atomic mass is 9.93. The van der Waals surface area contributed by atoms with Crippen molar-refractivity contribution in [1.82, 2.24) is 4.90 Å². The van der Waals surface area contributed by atoms with Crippen molar-refractivity contribution >= 4 is 11.6 Å². The minimum Gasteiger partial charge on any atom is -0.496 e. The fraction of sp³-hybridized carbons (Fsp3) is 0.688. The minimum absolute atomic E-state index is 0.00711.